The standard InChI is InChI=1S/C15H10F2N4OS/c16-8-5-9(17)7-10(6-8)18-15(23)21-20-13-11-3-1-2-4-12(11)19-14(13)22/h1-7,19,22H,(H,18,23). The van der Waals surface area contributed by atoms with E-state index in [9.17, 15) is 13.9 Å². The van der Waals surface area contributed by atoms with Gasteiger partial charge in [-0.1, -0.05) is 18.2 Å². The van der Waals surface area contributed by atoms with Gasteiger partial charge in [0.1, 0.15) is 11.6 Å². The van der Waals surface area contributed by atoms with Gasteiger partial charge in [0, 0.05) is 17.1 Å². The van der Waals surface area contributed by atoms with Crippen molar-refractivity contribution in [2.24, 2.45) is 10.2 Å². The molecule has 0 spiro atoms. The number of hydrogen-bond acceptors (Lipinski definition) is 3. The van der Waals surface area contributed by atoms with Crippen LogP contribution in [0.3, 0.4) is 0 Å². The van der Waals surface area contributed by atoms with Crippen molar-refractivity contribution < 1.29 is 13.9 Å². The molecule has 0 bridgehead atoms. The van der Waals surface area contributed by atoms with Crippen molar-refractivity contribution in [1.82, 2.24) is 4.98 Å². The van der Waals surface area contributed by atoms with Crippen LogP contribution in [0.15, 0.2) is 52.7 Å². The third kappa shape index (κ3) is 3.32. The Labute approximate surface area is 134 Å². The number of aromatic hydroxyl groups is 1. The summed E-state index contributed by atoms with van der Waals surface area (Å²) >= 11 is 4.95. The molecule has 3 aromatic rings. The number of benzene rings is 2. The normalized spacial score (nSPS) is 11.2. The van der Waals surface area contributed by atoms with Crippen molar-refractivity contribution >= 4 is 39.6 Å². The van der Waals surface area contributed by atoms with Crippen LogP contribution in [-0.2, 0) is 0 Å². The smallest absolute Gasteiger partial charge is 0.218 e. The molecule has 0 atom stereocenters. The molecular weight excluding hydrogens is 322 g/mol. The summed E-state index contributed by atoms with van der Waals surface area (Å²) in [7, 11) is 0. The number of aromatic amines is 1. The van der Waals surface area contributed by atoms with E-state index < -0.39 is 11.6 Å². The van der Waals surface area contributed by atoms with Gasteiger partial charge in [0.15, 0.2) is 5.69 Å². The van der Waals surface area contributed by atoms with Crippen LogP contribution in [0, 0.1) is 11.6 Å². The Morgan fingerprint density at radius 2 is 1.83 bits per heavy atom. The fourth-order valence-electron chi connectivity index (χ4n) is 2.08. The molecule has 3 N–H and O–H groups in total. The van der Waals surface area contributed by atoms with Crippen molar-refractivity contribution in [3.8, 4) is 5.88 Å². The summed E-state index contributed by atoms with van der Waals surface area (Å²) in [5, 5.41) is 20.6. The van der Waals surface area contributed by atoms with Crippen LogP contribution in [0.2, 0.25) is 0 Å². The van der Waals surface area contributed by atoms with E-state index in [1.165, 1.54) is 0 Å². The maximum absolute atomic E-state index is 13.1. The first-order chi connectivity index (χ1) is 11.0. The Kier molecular flexibility index (Phi) is 3.98. The molecule has 0 saturated carbocycles. The van der Waals surface area contributed by atoms with Gasteiger partial charge in [0.05, 0.1) is 5.52 Å². The first kappa shape index (κ1) is 15.0. The molecular formula is C15H10F2N4OS. The molecule has 5 nitrogen and oxygen atoms in total. The summed E-state index contributed by atoms with van der Waals surface area (Å²) in [5.41, 5.74) is 1.05. The minimum atomic E-state index is -0.735. The average molecular weight is 332 g/mol. The van der Waals surface area contributed by atoms with Gasteiger partial charge in [0.2, 0.25) is 11.0 Å². The monoisotopic (exact) mass is 332 g/mol. The van der Waals surface area contributed by atoms with E-state index in [1.807, 2.05) is 6.07 Å². The zero-order valence-corrected chi connectivity index (χ0v) is 12.4. The summed E-state index contributed by atoms with van der Waals surface area (Å²) in [6, 6.07) is 10.0. The summed E-state index contributed by atoms with van der Waals surface area (Å²) in [4.78, 5) is 2.75. The van der Waals surface area contributed by atoms with E-state index in [-0.39, 0.29) is 22.4 Å². The van der Waals surface area contributed by atoms with E-state index in [4.69, 9.17) is 12.2 Å². The van der Waals surface area contributed by atoms with Gasteiger partial charge in [-0.05, 0) is 30.4 Å². The fourth-order valence-corrected chi connectivity index (χ4v) is 2.24. The zero-order chi connectivity index (χ0) is 16.4. The molecule has 0 unspecified atom stereocenters. The van der Waals surface area contributed by atoms with Crippen LogP contribution in [0.4, 0.5) is 20.2 Å². The van der Waals surface area contributed by atoms with Crippen molar-refractivity contribution in [3.63, 3.8) is 0 Å². The quantitative estimate of drug-likeness (QED) is 0.473. The maximum Gasteiger partial charge on any atom is 0.218 e. The number of fused-ring (bicyclic) bond motifs is 1. The highest BCUT2D eigenvalue weighted by atomic mass is 32.1. The molecule has 0 amide bonds. The topological polar surface area (TPSA) is 72.8 Å². The lowest BCUT2D eigenvalue weighted by atomic mass is 10.2. The molecule has 8 heteroatoms. The van der Waals surface area contributed by atoms with Crippen LogP contribution in [0.25, 0.3) is 10.9 Å². The Bertz CT molecular complexity index is 903. The molecule has 0 aliphatic heterocycles. The number of azo groups is 1. The third-order valence-corrected chi connectivity index (χ3v) is 3.20. The Morgan fingerprint density at radius 3 is 2.57 bits per heavy atom. The number of halogens is 2. The van der Waals surface area contributed by atoms with Gasteiger partial charge in [-0.15, -0.1) is 10.2 Å². The minimum absolute atomic E-state index is 0.0975. The van der Waals surface area contributed by atoms with Crippen molar-refractivity contribution in [3.05, 3.63) is 54.1 Å². The molecule has 0 aliphatic rings. The van der Waals surface area contributed by atoms with Gasteiger partial charge in [-0.3, -0.25) is 0 Å². The second-order valence-corrected chi connectivity index (χ2v) is 5.04. The highest BCUT2D eigenvalue weighted by molar-refractivity contribution is 7.80. The van der Waals surface area contributed by atoms with Crippen LogP contribution in [-0.4, -0.2) is 15.2 Å². The first-order valence-corrected chi connectivity index (χ1v) is 6.92. The van der Waals surface area contributed by atoms with Gasteiger partial charge >= 0.3 is 0 Å². The number of nitrogens with zero attached hydrogens (tertiary/aromatic N) is 2. The number of para-hydroxylation sites is 1. The highest BCUT2D eigenvalue weighted by Crippen LogP contribution is 2.35. The summed E-state index contributed by atoms with van der Waals surface area (Å²) in [6.07, 6.45) is 0. The molecule has 116 valence electrons. The number of hydrogen-bond donors (Lipinski definition) is 3. The van der Waals surface area contributed by atoms with Crippen molar-refractivity contribution in [2.45, 2.75) is 0 Å². The lowest BCUT2D eigenvalue weighted by Crippen LogP contribution is -2.05. The number of anilines is 1. The number of rotatable bonds is 2. The number of H-pyrrole nitrogens is 1. The van der Waals surface area contributed by atoms with E-state index in [0.717, 1.165) is 18.2 Å². The summed E-state index contributed by atoms with van der Waals surface area (Å²) in [6.45, 7) is 0. The molecule has 0 saturated heterocycles. The van der Waals surface area contributed by atoms with Crippen LogP contribution >= 0.6 is 12.2 Å². The van der Waals surface area contributed by atoms with Gasteiger partial charge in [-0.25, -0.2) is 8.78 Å². The van der Waals surface area contributed by atoms with E-state index in [2.05, 4.69) is 20.5 Å². The predicted molar refractivity (Wildman–Crippen MR) is 87.1 cm³/mol. The lowest BCUT2D eigenvalue weighted by molar-refractivity contribution is 0.459. The Hall–Kier alpha value is -2.87. The van der Waals surface area contributed by atoms with E-state index >= 15 is 0 Å². The van der Waals surface area contributed by atoms with Crippen LogP contribution in [0.1, 0.15) is 0 Å². The number of thiocarbonyl (C=S) groups is 1. The third-order valence-electron chi connectivity index (χ3n) is 3.01. The molecule has 3 rings (SSSR count). The maximum atomic E-state index is 13.1. The van der Waals surface area contributed by atoms with Gasteiger partial charge in [-0.2, -0.15) is 0 Å². The van der Waals surface area contributed by atoms with Gasteiger partial charge in [0.25, 0.3) is 0 Å². The first-order valence-electron chi connectivity index (χ1n) is 6.51. The Morgan fingerprint density at radius 1 is 1.13 bits per heavy atom. The molecule has 0 radical (unpaired) electrons. The summed E-state index contributed by atoms with van der Waals surface area (Å²) in [5.74, 6) is -1.61. The summed E-state index contributed by atoms with van der Waals surface area (Å²) < 4.78 is 26.2. The molecule has 0 fully saturated rings. The minimum Gasteiger partial charge on any atom is -0.493 e. The SMILES string of the molecule is Oc1[nH]c2ccccc2c1N=NC(=S)Nc1cc(F)cc(F)c1. The second-order valence-electron chi connectivity index (χ2n) is 4.66. The second kappa shape index (κ2) is 6.09. The van der Waals surface area contributed by atoms with Crippen LogP contribution < -0.4 is 5.32 Å². The average Bonchev–Trinajstić information content (AvgIpc) is 2.79. The number of nitrogens with one attached hydrogen (secondary N) is 2. The highest BCUT2D eigenvalue weighted by Gasteiger charge is 2.09. The van der Waals surface area contributed by atoms with E-state index in [1.54, 1.807) is 18.2 Å². The van der Waals surface area contributed by atoms with Crippen molar-refractivity contribution in [2.75, 3.05) is 5.32 Å². The lowest BCUT2D eigenvalue weighted by Gasteiger charge is -2.03. The molecule has 0 aliphatic carbocycles. The molecule has 23 heavy (non-hydrogen) atoms. The molecule has 1 aromatic heterocycles. The van der Waals surface area contributed by atoms with Gasteiger partial charge < -0.3 is 15.4 Å². The van der Waals surface area contributed by atoms with Crippen LogP contribution in [0.5, 0.6) is 5.88 Å². The number of aromatic nitrogens is 1. The largest absolute Gasteiger partial charge is 0.493 e. The van der Waals surface area contributed by atoms with Crippen molar-refractivity contribution in [1.29, 1.82) is 0 Å². The molecule has 1 heterocycles. The van der Waals surface area contributed by atoms with E-state index in [0.29, 0.717) is 10.9 Å². The predicted octanol–water partition coefficient (Wildman–Crippen LogP) is 4.63. The fraction of sp³-hybridized carbons (Fsp3) is 0. The molecule has 2 aromatic carbocycles. The zero-order valence-electron chi connectivity index (χ0n) is 11.5. The Balaban J connectivity index is 1.81.